The van der Waals surface area contributed by atoms with Crippen molar-refractivity contribution in [1.82, 2.24) is 9.97 Å². The predicted octanol–water partition coefficient (Wildman–Crippen LogP) is 5.41. The van der Waals surface area contributed by atoms with Crippen LogP contribution in [0.3, 0.4) is 0 Å². The number of hydrogen-bond acceptors (Lipinski definition) is 9. The summed E-state index contributed by atoms with van der Waals surface area (Å²) < 4.78 is 41.0. The highest BCUT2D eigenvalue weighted by atomic mass is 32.2. The Bertz CT molecular complexity index is 1210. The second-order valence-corrected chi connectivity index (χ2v) is 11.7. The van der Waals surface area contributed by atoms with Crippen LogP contribution < -0.4 is 9.99 Å². The molecule has 1 saturated heterocycles. The van der Waals surface area contributed by atoms with Gasteiger partial charge in [0.1, 0.15) is 6.10 Å². The molecule has 1 aromatic carbocycles. The number of aromatic nitrogens is 2. The first kappa shape index (κ1) is 26.5. The van der Waals surface area contributed by atoms with Crippen molar-refractivity contribution in [3.63, 3.8) is 0 Å². The Hall–Kier alpha value is -2.14. The van der Waals surface area contributed by atoms with Crippen molar-refractivity contribution in [2.75, 3.05) is 15.7 Å². The second-order valence-electron chi connectivity index (χ2n) is 10.1. The number of hydrogen-bond donors (Lipinski definition) is 1. The number of halogens is 2. The van der Waals surface area contributed by atoms with E-state index in [1.165, 1.54) is 17.8 Å². The average molecular weight is 554 g/mol. The minimum Gasteiger partial charge on any atom is -0.359 e. The largest absolute Gasteiger partial charge is 0.359 e. The normalized spacial score (nSPS) is 27.7. The van der Waals surface area contributed by atoms with E-state index in [9.17, 15) is 18.9 Å². The van der Waals surface area contributed by atoms with Crippen LogP contribution in [0.2, 0.25) is 0 Å². The van der Waals surface area contributed by atoms with Gasteiger partial charge in [0.05, 0.1) is 17.1 Å². The van der Waals surface area contributed by atoms with Gasteiger partial charge in [-0.15, -0.1) is 0 Å². The van der Waals surface area contributed by atoms with Crippen LogP contribution in [0.4, 0.5) is 26.1 Å². The monoisotopic (exact) mass is 553 g/mol. The van der Waals surface area contributed by atoms with Gasteiger partial charge in [-0.05, 0) is 66.6 Å². The van der Waals surface area contributed by atoms with Crippen molar-refractivity contribution in [2.45, 2.75) is 87.6 Å². The molecule has 2 aromatic rings. The highest BCUT2D eigenvalue weighted by Crippen LogP contribution is 2.50. The number of anilines is 2. The zero-order valence-corrected chi connectivity index (χ0v) is 22.8. The van der Waals surface area contributed by atoms with Crippen molar-refractivity contribution in [2.24, 2.45) is 0 Å². The SMILES string of the molecule is CCCSc1nc(NC2CC[C@H]3OC(C)(C)O[C@@H]23)c([N+](=O)[O-])c(N(P)C2C[C@H]2c2ccc(F)c(F)c2)n1. The maximum atomic E-state index is 13.8. The van der Waals surface area contributed by atoms with Gasteiger partial charge in [-0.25, -0.2) is 8.78 Å². The molecule has 200 valence electrons. The number of fused-ring (bicyclic) bond motifs is 1. The van der Waals surface area contributed by atoms with Crippen LogP contribution in [-0.2, 0) is 9.47 Å². The van der Waals surface area contributed by atoms with Crippen LogP contribution in [0.5, 0.6) is 0 Å². The Labute approximate surface area is 220 Å². The van der Waals surface area contributed by atoms with Gasteiger partial charge in [-0.1, -0.05) is 24.8 Å². The summed E-state index contributed by atoms with van der Waals surface area (Å²) in [6.07, 6.45) is 2.70. The Kier molecular flexibility index (Phi) is 7.30. The molecule has 1 aliphatic heterocycles. The van der Waals surface area contributed by atoms with Gasteiger partial charge in [0, 0.05) is 17.7 Å². The lowest BCUT2D eigenvalue weighted by Crippen LogP contribution is -2.35. The van der Waals surface area contributed by atoms with Crippen molar-refractivity contribution >= 4 is 38.5 Å². The van der Waals surface area contributed by atoms with Crippen LogP contribution in [0.25, 0.3) is 0 Å². The van der Waals surface area contributed by atoms with E-state index in [0.717, 1.165) is 31.1 Å². The van der Waals surface area contributed by atoms with Crippen LogP contribution in [0.15, 0.2) is 23.4 Å². The summed E-state index contributed by atoms with van der Waals surface area (Å²) in [5.74, 6) is -1.56. The number of nitrogens with one attached hydrogen (secondary N) is 1. The molecule has 37 heavy (non-hydrogen) atoms. The topological polar surface area (TPSA) is 103 Å². The van der Waals surface area contributed by atoms with Crippen LogP contribution in [0, 0.1) is 21.7 Å². The molecule has 1 N–H and O–H groups in total. The second kappa shape index (κ2) is 10.2. The first-order valence-corrected chi connectivity index (χ1v) is 13.9. The summed E-state index contributed by atoms with van der Waals surface area (Å²) in [6.45, 7) is 5.76. The summed E-state index contributed by atoms with van der Waals surface area (Å²) in [6, 6.07) is 3.46. The van der Waals surface area contributed by atoms with E-state index in [1.807, 2.05) is 20.8 Å². The van der Waals surface area contributed by atoms with E-state index in [-0.39, 0.29) is 47.5 Å². The van der Waals surface area contributed by atoms with E-state index in [0.29, 0.717) is 17.1 Å². The lowest BCUT2D eigenvalue weighted by molar-refractivity contribution is -0.383. The van der Waals surface area contributed by atoms with E-state index < -0.39 is 22.3 Å². The minimum atomic E-state index is -0.910. The summed E-state index contributed by atoms with van der Waals surface area (Å²) in [4.78, 5) is 21.0. The van der Waals surface area contributed by atoms with Gasteiger partial charge in [0.15, 0.2) is 22.6 Å². The fraction of sp³-hybridized carbons (Fsp3) is 0.583. The maximum Gasteiger partial charge on any atom is 0.353 e. The summed E-state index contributed by atoms with van der Waals surface area (Å²) >= 11 is 1.43. The molecule has 1 aromatic heterocycles. The summed E-state index contributed by atoms with van der Waals surface area (Å²) in [5.41, 5.74) is 0.415. The summed E-state index contributed by atoms with van der Waals surface area (Å²) in [5, 5.41) is 16.1. The number of nitro groups is 1. The molecule has 3 fully saturated rings. The highest BCUT2D eigenvalue weighted by molar-refractivity contribution is 7.99. The number of thioether (sulfide) groups is 1. The third kappa shape index (κ3) is 5.39. The first-order chi connectivity index (χ1) is 17.6. The summed E-state index contributed by atoms with van der Waals surface area (Å²) in [7, 11) is 2.53. The molecule has 2 heterocycles. The molecular formula is C24H30F2N5O4PS. The molecule has 2 saturated carbocycles. The third-order valence-corrected chi connectivity index (χ3v) is 8.58. The molecule has 13 heteroatoms. The zero-order valence-electron chi connectivity index (χ0n) is 20.8. The fourth-order valence-corrected chi connectivity index (χ4v) is 6.35. The molecule has 6 atom stereocenters. The minimum absolute atomic E-state index is 0.0802. The smallest absolute Gasteiger partial charge is 0.353 e. The lowest BCUT2D eigenvalue weighted by Gasteiger charge is -2.24. The first-order valence-electron chi connectivity index (χ1n) is 12.4. The number of benzene rings is 1. The number of rotatable bonds is 9. The molecule has 2 aliphatic carbocycles. The molecule has 3 unspecified atom stereocenters. The molecule has 3 aliphatic rings. The van der Waals surface area contributed by atoms with E-state index in [4.69, 9.17) is 9.47 Å². The molecule has 9 nitrogen and oxygen atoms in total. The zero-order chi connectivity index (χ0) is 26.5. The van der Waals surface area contributed by atoms with Crippen LogP contribution >= 0.6 is 21.2 Å². The van der Waals surface area contributed by atoms with Crippen LogP contribution in [-0.4, -0.2) is 50.7 Å². The molecule has 0 amide bonds. The van der Waals surface area contributed by atoms with Crippen molar-refractivity contribution in [3.05, 3.63) is 45.5 Å². The van der Waals surface area contributed by atoms with E-state index in [2.05, 4.69) is 24.7 Å². The van der Waals surface area contributed by atoms with E-state index in [1.54, 1.807) is 10.7 Å². The standard InChI is InChI=1S/C24H30F2N5O4PS/c1-4-9-37-23-28-21(27-16-7-8-18-20(16)35-24(2,3)34-18)19(31(32)33)22(29-23)30(36)17-11-13(17)12-5-6-14(25)15(26)10-12/h5-6,10,13,16-18,20H,4,7-9,11,36H2,1-3H3,(H,27,28,29)/t13-,16?,17?,18+,20-/m0/s1. The van der Waals surface area contributed by atoms with Gasteiger partial charge in [-0.3, -0.25) is 10.1 Å². The lowest BCUT2D eigenvalue weighted by atomic mass is 10.1. The third-order valence-electron chi connectivity index (χ3n) is 6.90. The highest BCUT2D eigenvalue weighted by Gasteiger charge is 2.50. The van der Waals surface area contributed by atoms with Gasteiger partial charge < -0.3 is 19.5 Å². The predicted molar refractivity (Wildman–Crippen MR) is 140 cm³/mol. The molecule has 0 bridgehead atoms. The Morgan fingerprint density at radius 1 is 1.27 bits per heavy atom. The van der Waals surface area contributed by atoms with Gasteiger partial charge in [-0.2, -0.15) is 9.97 Å². The Morgan fingerprint density at radius 3 is 2.76 bits per heavy atom. The van der Waals surface area contributed by atoms with Crippen molar-refractivity contribution in [3.8, 4) is 0 Å². The van der Waals surface area contributed by atoms with Gasteiger partial charge in [0.2, 0.25) is 11.6 Å². The molecule has 5 rings (SSSR count). The fourth-order valence-electron chi connectivity index (χ4n) is 5.14. The van der Waals surface area contributed by atoms with Gasteiger partial charge in [0.25, 0.3) is 0 Å². The van der Waals surface area contributed by atoms with Crippen LogP contribution in [0.1, 0.15) is 57.9 Å². The van der Waals surface area contributed by atoms with Gasteiger partial charge >= 0.3 is 5.69 Å². The number of ether oxygens (including phenoxy) is 2. The van der Waals surface area contributed by atoms with Crippen molar-refractivity contribution in [1.29, 1.82) is 0 Å². The van der Waals surface area contributed by atoms with Crippen molar-refractivity contribution < 1.29 is 23.2 Å². The molecular weight excluding hydrogens is 523 g/mol. The molecule has 0 spiro atoms. The quantitative estimate of drug-likeness (QED) is 0.144. The average Bonchev–Trinajstić information content (AvgIpc) is 3.48. The Morgan fingerprint density at radius 2 is 2.05 bits per heavy atom. The molecule has 0 radical (unpaired) electrons. The maximum absolute atomic E-state index is 13.8. The Balaban J connectivity index is 1.45. The number of nitrogens with zero attached hydrogens (tertiary/aromatic N) is 4. The van der Waals surface area contributed by atoms with E-state index >= 15 is 0 Å².